The lowest BCUT2D eigenvalue weighted by Gasteiger charge is -2.20. The third-order valence-electron chi connectivity index (χ3n) is 4.78. The lowest BCUT2D eigenvalue weighted by Crippen LogP contribution is -2.18. The molecule has 0 fully saturated rings. The summed E-state index contributed by atoms with van der Waals surface area (Å²) in [7, 11) is 0. The zero-order valence-corrected chi connectivity index (χ0v) is 16.2. The molecule has 3 rings (SSSR count). The van der Waals surface area contributed by atoms with Crippen molar-refractivity contribution < 1.29 is 14.6 Å². The van der Waals surface area contributed by atoms with Crippen LogP contribution in [0, 0.1) is 0 Å². The molecule has 0 radical (unpaired) electrons. The van der Waals surface area contributed by atoms with Gasteiger partial charge in [0.1, 0.15) is 18.1 Å². The monoisotopic (exact) mass is 368 g/mol. The van der Waals surface area contributed by atoms with E-state index in [1.54, 1.807) is 6.07 Å². The molecule has 144 valence electrons. The number of furan rings is 1. The first-order valence-electron chi connectivity index (χ1n) is 9.43. The number of aliphatic hydroxyl groups excluding tert-OH is 1. The maximum atomic E-state index is 9.96. The predicted octanol–water partition coefficient (Wildman–Crippen LogP) is 4.80. The van der Waals surface area contributed by atoms with Gasteiger partial charge < -0.3 is 19.2 Å². The zero-order valence-electron chi connectivity index (χ0n) is 16.2. The summed E-state index contributed by atoms with van der Waals surface area (Å²) in [5.74, 6) is 1.23. The molecule has 0 aliphatic rings. The number of aliphatic hydroxyl groups is 2. The highest BCUT2D eigenvalue weighted by Crippen LogP contribution is 2.35. The Morgan fingerprint density at radius 1 is 1.15 bits per heavy atom. The second kappa shape index (κ2) is 8.11. The number of aromatic nitrogens is 2. The van der Waals surface area contributed by atoms with Crippen LogP contribution in [0.3, 0.4) is 0 Å². The van der Waals surface area contributed by atoms with E-state index in [9.17, 15) is 10.2 Å². The summed E-state index contributed by atoms with van der Waals surface area (Å²) in [6, 6.07) is 13.9. The number of hydrogen-bond acceptors (Lipinski definition) is 4. The van der Waals surface area contributed by atoms with Crippen molar-refractivity contribution in [2.75, 3.05) is 0 Å². The summed E-state index contributed by atoms with van der Waals surface area (Å²) >= 11 is 0. The molecule has 2 heterocycles. The van der Waals surface area contributed by atoms with Crippen molar-refractivity contribution in [2.24, 2.45) is 0 Å². The Kier molecular flexibility index (Phi) is 5.82. The molecule has 0 spiro atoms. The Balaban J connectivity index is 1.95. The minimum absolute atomic E-state index is 0.129. The quantitative estimate of drug-likeness (QED) is 0.599. The molecule has 1 atom stereocenters. The molecule has 0 unspecified atom stereocenters. The summed E-state index contributed by atoms with van der Waals surface area (Å²) < 4.78 is 7.97. The van der Waals surface area contributed by atoms with Crippen LogP contribution in [0.4, 0.5) is 0 Å². The largest absolute Gasteiger partial charge is 0.457 e. The average Bonchev–Trinajstić information content (AvgIpc) is 3.27. The number of rotatable bonds is 8. The van der Waals surface area contributed by atoms with E-state index < -0.39 is 5.60 Å². The fourth-order valence-corrected chi connectivity index (χ4v) is 3.31. The molecule has 1 aromatic carbocycles. The molecular formula is C22H28N2O3. The molecule has 0 amide bonds. The van der Waals surface area contributed by atoms with Gasteiger partial charge in [-0.05, 0) is 52.2 Å². The summed E-state index contributed by atoms with van der Waals surface area (Å²) in [5.41, 5.74) is 2.15. The van der Waals surface area contributed by atoms with Gasteiger partial charge in [0.25, 0.3) is 0 Å². The topological polar surface area (TPSA) is 71.4 Å². The van der Waals surface area contributed by atoms with Crippen LogP contribution >= 0.6 is 0 Å². The van der Waals surface area contributed by atoms with Crippen molar-refractivity contribution in [1.82, 2.24) is 9.55 Å². The third-order valence-corrected chi connectivity index (χ3v) is 4.78. The highest BCUT2D eigenvalue weighted by Gasteiger charge is 2.21. The Labute approximate surface area is 160 Å². The number of nitrogens with zero attached hydrogens (tertiary/aromatic N) is 2. The molecule has 0 saturated heterocycles. The zero-order chi connectivity index (χ0) is 19.4. The maximum Gasteiger partial charge on any atom is 0.153 e. The molecule has 0 aliphatic heterocycles. The molecule has 0 aliphatic carbocycles. The van der Waals surface area contributed by atoms with Crippen molar-refractivity contribution in [1.29, 1.82) is 0 Å². The van der Waals surface area contributed by atoms with Crippen LogP contribution in [0.5, 0.6) is 0 Å². The highest BCUT2D eigenvalue weighted by atomic mass is 16.4. The first-order chi connectivity index (χ1) is 12.9. The molecule has 5 heteroatoms. The Bertz CT molecular complexity index is 859. The van der Waals surface area contributed by atoms with Crippen LogP contribution in [0.25, 0.3) is 22.7 Å². The molecule has 3 aromatic rings. The second-order valence-electron chi connectivity index (χ2n) is 7.69. The van der Waals surface area contributed by atoms with Crippen molar-refractivity contribution in [3.05, 3.63) is 54.6 Å². The maximum absolute atomic E-state index is 9.96. The van der Waals surface area contributed by atoms with Crippen LogP contribution in [0.15, 0.2) is 53.2 Å². The van der Waals surface area contributed by atoms with Gasteiger partial charge in [-0.1, -0.05) is 30.3 Å². The van der Waals surface area contributed by atoms with Crippen LogP contribution in [-0.4, -0.2) is 25.4 Å². The van der Waals surface area contributed by atoms with Crippen LogP contribution in [-0.2, 0) is 6.61 Å². The van der Waals surface area contributed by atoms with Crippen LogP contribution in [0.2, 0.25) is 0 Å². The standard InChI is InChI=1S/C22H28N2O3/c1-16(8-7-13-22(2,3)26)24-15-23-20(17-9-5-4-6-10-17)21(24)19-12-11-18(14-25)27-19/h4-6,9-12,15-16,25-26H,7-8,13-14H2,1-3H3/t16-/m1/s1. The molecule has 0 saturated carbocycles. The van der Waals surface area contributed by atoms with Crippen molar-refractivity contribution in [2.45, 2.75) is 58.3 Å². The Morgan fingerprint density at radius 2 is 1.89 bits per heavy atom. The minimum Gasteiger partial charge on any atom is -0.457 e. The molecule has 27 heavy (non-hydrogen) atoms. The smallest absolute Gasteiger partial charge is 0.153 e. The van der Waals surface area contributed by atoms with Crippen LogP contribution in [0.1, 0.15) is 51.8 Å². The first-order valence-corrected chi connectivity index (χ1v) is 9.43. The van der Waals surface area contributed by atoms with Gasteiger partial charge in [-0.2, -0.15) is 0 Å². The number of hydrogen-bond donors (Lipinski definition) is 2. The summed E-state index contributed by atoms with van der Waals surface area (Å²) in [4.78, 5) is 4.67. The number of benzene rings is 1. The fourth-order valence-electron chi connectivity index (χ4n) is 3.31. The van der Waals surface area contributed by atoms with E-state index >= 15 is 0 Å². The van der Waals surface area contributed by atoms with Gasteiger partial charge in [0.15, 0.2) is 5.76 Å². The van der Waals surface area contributed by atoms with Crippen molar-refractivity contribution >= 4 is 0 Å². The van der Waals surface area contributed by atoms with Gasteiger partial charge in [-0.3, -0.25) is 0 Å². The molecular weight excluding hydrogens is 340 g/mol. The first kappa shape index (κ1) is 19.4. The normalized spacial score (nSPS) is 13.1. The SMILES string of the molecule is C[C@H](CCCC(C)(C)O)n1cnc(-c2ccccc2)c1-c1ccc(CO)o1. The van der Waals surface area contributed by atoms with E-state index in [4.69, 9.17) is 4.42 Å². The van der Waals surface area contributed by atoms with E-state index in [0.717, 1.165) is 36.2 Å². The van der Waals surface area contributed by atoms with E-state index in [0.29, 0.717) is 11.5 Å². The minimum atomic E-state index is -0.649. The predicted molar refractivity (Wildman–Crippen MR) is 106 cm³/mol. The highest BCUT2D eigenvalue weighted by molar-refractivity contribution is 5.76. The van der Waals surface area contributed by atoms with Gasteiger partial charge in [-0.25, -0.2) is 4.98 Å². The molecule has 2 aromatic heterocycles. The van der Waals surface area contributed by atoms with Crippen LogP contribution < -0.4 is 0 Å². The van der Waals surface area contributed by atoms with E-state index in [1.807, 2.05) is 56.6 Å². The van der Waals surface area contributed by atoms with E-state index in [2.05, 4.69) is 16.5 Å². The molecule has 2 N–H and O–H groups in total. The van der Waals surface area contributed by atoms with Gasteiger partial charge >= 0.3 is 0 Å². The van der Waals surface area contributed by atoms with Crippen molar-refractivity contribution in [3.8, 4) is 22.7 Å². The third kappa shape index (κ3) is 4.67. The summed E-state index contributed by atoms with van der Waals surface area (Å²) in [6.45, 7) is 5.70. The van der Waals surface area contributed by atoms with Gasteiger partial charge in [0, 0.05) is 11.6 Å². The fraction of sp³-hybridized carbons (Fsp3) is 0.409. The van der Waals surface area contributed by atoms with Gasteiger partial charge in [0.2, 0.25) is 0 Å². The Morgan fingerprint density at radius 3 is 2.52 bits per heavy atom. The Hall–Kier alpha value is -2.37. The summed E-state index contributed by atoms with van der Waals surface area (Å²) in [5, 5.41) is 19.3. The average molecular weight is 368 g/mol. The summed E-state index contributed by atoms with van der Waals surface area (Å²) in [6.07, 6.45) is 4.45. The van der Waals surface area contributed by atoms with E-state index in [1.165, 1.54) is 0 Å². The number of imidazole rings is 1. The van der Waals surface area contributed by atoms with Gasteiger partial charge in [0.05, 0.1) is 17.6 Å². The van der Waals surface area contributed by atoms with Gasteiger partial charge in [-0.15, -0.1) is 0 Å². The lowest BCUT2D eigenvalue weighted by atomic mass is 9.99. The second-order valence-corrected chi connectivity index (χ2v) is 7.69. The van der Waals surface area contributed by atoms with E-state index in [-0.39, 0.29) is 12.6 Å². The lowest BCUT2D eigenvalue weighted by molar-refractivity contribution is 0.0672. The molecule has 0 bridgehead atoms. The van der Waals surface area contributed by atoms with Crippen molar-refractivity contribution in [3.63, 3.8) is 0 Å². The molecule has 5 nitrogen and oxygen atoms in total.